The Bertz CT molecular complexity index is 625. The summed E-state index contributed by atoms with van der Waals surface area (Å²) < 4.78 is 16.0. The van der Waals surface area contributed by atoms with Gasteiger partial charge in [0.15, 0.2) is 11.5 Å². The Morgan fingerprint density at radius 2 is 1.59 bits per heavy atom. The normalized spacial score (nSPS) is 20.9. The molecule has 0 radical (unpaired) electrons. The molecule has 1 aliphatic rings. The summed E-state index contributed by atoms with van der Waals surface area (Å²) in [7, 11) is 4.63. The quantitative estimate of drug-likeness (QED) is 0.790. The maximum Gasteiger partial charge on any atom is 0.251 e. The van der Waals surface area contributed by atoms with Crippen molar-refractivity contribution < 1.29 is 19.0 Å². The second kappa shape index (κ2) is 8.83. The smallest absolute Gasteiger partial charge is 0.251 e. The number of amides is 1. The van der Waals surface area contributed by atoms with Crippen LogP contribution in [0.5, 0.6) is 17.2 Å². The molecule has 0 aromatic heterocycles. The van der Waals surface area contributed by atoms with Crippen LogP contribution in [-0.2, 0) is 0 Å². The van der Waals surface area contributed by atoms with Crippen molar-refractivity contribution in [2.45, 2.75) is 39.7 Å². The number of carbonyl (C=O) groups is 1. The highest BCUT2D eigenvalue weighted by molar-refractivity contribution is 5.95. The Labute approximate surface area is 163 Å². The van der Waals surface area contributed by atoms with Gasteiger partial charge in [-0.15, -0.1) is 0 Å². The van der Waals surface area contributed by atoms with E-state index >= 15 is 0 Å². The van der Waals surface area contributed by atoms with Crippen molar-refractivity contribution in [3.8, 4) is 17.2 Å². The standard InChI is InChI=1S/C21H34N2O4/c1-14-8-15(2)12-23(11-14)21(3,4)13-22-20(24)16-9-17(25-5)19(27-7)18(10-16)26-6/h9-10,14-15H,8,11-13H2,1-7H3,(H,22,24). The first-order chi connectivity index (χ1) is 12.7. The lowest BCUT2D eigenvalue weighted by Crippen LogP contribution is -2.56. The van der Waals surface area contributed by atoms with E-state index in [1.165, 1.54) is 6.42 Å². The lowest BCUT2D eigenvalue weighted by Gasteiger charge is -2.45. The lowest BCUT2D eigenvalue weighted by atomic mass is 9.88. The van der Waals surface area contributed by atoms with Crippen LogP contribution < -0.4 is 19.5 Å². The van der Waals surface area contributed by atoms with Crippen LogP contribution in [0, 0.1) is 11.8 Å². The number of nitrogens with one attached hydrogen (secondary N) is 1. The number of likely N-dealkylation sites (tertiary alicyclic amines) is 1. The van der Waals surface area contributed by atoms with Crippen LogP contribution in [0.1, 0.15) is 44.5 Å². The molecular weight excluding hydrogens is 344 g/mol. The second-order valence-electron chi connectivity index (χ2n) is 8.26. The van der Waals surface area contributed by atoms with Gasteiger partial charge < -0.3 is 19.5 Å². The molecule has 1 fully saturated rings. The Morgan fingerprint density at radius 3 is 2.04 bits per heavy atom. The van der Waals surface area contributed by atoms with Crippen molar-refractivity contribution in [1.29, 1.82) is 0 Å². The molecule has 2 atom stereocenters. The molecule has 2 unspecified atom stereocenters. The third-order valence-corrected chi connectivity index (χ3v) is 5.33. The van der Waals surface area contributed by atoms with E-state index in [1.54, 1.807) is 33.5 Å². The van der Waals surface area contributed by atoms with E-state index in [2.05, 4.69) is 37.9 Å². The van der Waals surface area contributed by atoms with E-state index in [1.807, 2.05) is 0 Å². The number of carbonyl (C=O) groups excluding carboxylic acids is 1. The van der Waals surface area contributed by atoms with Crippen molar-refractivity contribution in [2.75, 3.05) is 41.0 Å². The minimum Gasteiger partial charge on any atom is -0.493 e. The van der Waals surface area contributed by atoms with Gasteiger partial charge in [-0.25, -0.2) is 0 Å². The zero-order chi connectivity index (χ0) is 20.2. The first-order valence-electron chi connectivity index (χ1n) is 9.55. The summed E-state index contributed by atoms with van der Waals surface area (Å²) in [6.07, 6.45) is 1.27. The summed E-state index contributed by atoms with van der Waals surface area (Å²) in [6.45, 7) is 11.7. The van der Waals surface area contributed by atoms with E-state index in [-0.39, 0.29) is 11.4 Å². The van der Waals surface area contributed by atoms with Gasteiger partial charge >= 0.3 is 0 Å². The summed E-state index contributed by atoms with van der Waals surface area (Å²) >= 11 is 0. The minimum atomic E-state index is -0.152. The molecule has 0 aliphatic carbocycles. The predicted octanol–water partition coefficient (Wildman–Crippen LogP) is 3.20. The van der Waals surface area contributed by atoms with Gasteiger partial charge in [0, 0.05) is 30.7 Å². The Hall–Kier alpha value is -1.95. The van der Waals surface area contributed by atoms with Crippen LogP contribution in [0.3, 0.4) is 0 Å². The maximum absolute atomic E-state index is 12.8. The van der Waals surface area contributed by atoms with Crippen LogP contribution >= 0.6 is 0 Å². The number of methoxy groups -OCH3 is 3. The van der Waals surface area contributed by atoms with Crippen molar-refractivity contribution in [1.82, 2.24) is 10.2 Å². The first-order valence-corrected chi connectivity index (χ1v) is 9.55. The Morgan fingerprint density at radius 1 is 1.07 bits per heavy atom. The van der Waals surface area contributed by atoms with Gasteiger partial charge in [0.2, 0.25) is 5.75 Å². The van der Waals surface area contributed by atoms with E-state index < -0.39 is 0 Å². The van der Waals surface area contributed by atoms with Crippen LogP contribution in [-0.4, -0.2) is 57.3 Å². The number of hydrogen-bond acceptors (Lipinski definition) is 5. The van der Waals surface area contributed by atoms with Crippen LogP contribution in [0.15, 0.2) is 12.1 Å². The SMILES string of the molecule is COc1cc(C(=O)NCC(C)(C)N2CC(C)CC(C)C2)cc(OC)c1OC. The van der Waals surface area contributed by atoms with Crippen molar-refractivity contribution in [3.63, 3.8) is 0 Å². The summed E-state index contributed by atoms with van der Waals surface area (Å²) in [5, 5.41) is 3.07. The fourth-order valence-electron chi connectivity index (χ4n) is 3.88. The number of ether oxygens (including phenoxy) is 3. The molecule has 1 aromatic rings. The van der Waals surface area contributed by atoms with Crippen LogP contribution in [0.4, 0.5) is 0 Å². The molecule has 27 heavy (non-hydrogen) atoms. The molecule has 1 heterocycles. The summed E-state index contributed by atoms with van der Waals surface area (Å²) in [5.74, 6) is 2.63. The lowest BCUT2D eigenvalue weighted by molar-refractivity contribution is 0.0445. The molecule has 0 spiro atoms. The van der Waals surface area contributed by atoms with Crippen LogP contribution in [0.25, 0.3) is 0 Å². The molecule has 1 amide bonds. The zero-order valence-electron chi connectivity index (χ0n) is 17.7. The zero-order valence-corrected chi connectivity index (χ0v) is 17.7. The van der Waals surface area contributed by atoms with Gasteiger partial charge in [0.05, 0.1) is 21.3 Å². The fourth-order valence-corrected chi connectivity index (χ4v) is 3.88. The van der Waals surface area contributed by atoms with E-state index in [4.69, 9.17) is 14.2 Å². The molecular formula is C21H34N2O4. The first kappa shape index (κ1) is 21.4. The molecule has 6 nitrogen and oxygen atoms in total. The van der Waals surface area contributed by atoms with Crippen molar-refractivity contribution in [2.24, 2.45) is 11.8 Å². The molecule has 2 rings (SSSR count). The summed E-state index contributed by atoms with van der Waals surface area (Å²) in [6, 6.07) is 3.35. The van der Waals surface area contributed by atoms with Crippen LogP contribution in [0.2, 0.25) is 0 Å². The minimum absolute atomic E-state index is 0.112. The summed E-state index contributed by atoms with van der Waals surface area (Å²) in [4.78, 5) is 15.2. The number of benzene rings is 1. The van der Waals surface area contributed by atoms with E-state index in [0.29, 0.717) is 41.2 Å². The number of rotatable bonds is 7. The molecule has 1 aromatic carbocycles. The average Bonchev–Trinajstić information content (AvgIpc) is 2.64. The monoisotopic (exact) mass is 378 g/mol. The molecule has 6 heteroatoms. The van der Waals surface area contributed by atoms with Gasteiger partial charge in [0.25, 0.3) is 5.91 Å². The molecule has 1 saturated heterocycles. The van der Waals surface area contributed by atoms with Gasteiger partial charge in [0.1, 0.15) is 0 Å². The Balaban J connectivity index is 2.10. The van der Waals surface area contributed by atoms with E-state index in [0.717, 1.165) is 13.1 Å². The summed E-state index contributed by atoms with van der Waals surface area (Å²) in [5.41, 5.74) is 0.375. The van der Waals surface area contributed by atoms with E-state index in [9.17, 15) is 4.79 Å². The number of hydrogen-bond donors (Lipinski definition) is 1. The number of piperidine rings is 1. The van der Waals surface area contributed by atoms with Gasteiger partial charge in [-0.2, -0.15) is 0 Å². The maximum atomic E-state index is 12.8. The fraction of sp³-hybridized carbons (Fsp3) is 0.667. The highest BCUT2D eigenvalue weighted by Gasteiger charge is 2.33. The van der Waals surface area contributed by atoms with Crippen molar-refractivity contribution >= 4 is 5.91 Å². The predicted molar refractivity (Wildman–Crippen MR) is 107 cm³/mol. The molecule has 0 saturated carbocycles. The second-order valence-corrected chi connectivity index (χ2v) is 8.26. The third-order valence-electron chi connectivity index (χ3n) is 5.33. The van der Waals surface area contributed by atoms with Gasteiger partial charge in [-0.3, -0.25) is 9.69 Å². The molecule has 1 N–H and O–H groups in total. The molecule has 1 aliphatic heterocycles. The van der Waals surface area contributed by atoms with Gasteiger partial charge in [-0.05, 0) is 44.2 Å². The molecule has 152 valence electrons. The van der Waals surface area contributed by atoms with Crippen molar-refractivity contribution in [3.05, 3.63) is 17.7 Å². The third kappa shape index (κ3) is 5.06. The number of nitrogens with zero attached hydrogens (tertiary/aromatic N) is 1. The average molecular weight is 379 g/mol. The van der Waals surface area contributed by atoms with Gasteiger partial charge in [-0.1, -0.05) is 13.8 Å². The highest BCUT2D eigenvalue weighted by atomic mass is 16.5. The molecule has 0 bridgehead atoms. The largest absolute Gasteiger partial charge is 0.493 e. The Kier molecular flexibility index (Phi) is 6.98. The topological polar surface area (TPSA) is 60.0 Å². The highest BCUT2D eigenvalue weighted by Crippen LogP contribution is 2.38.